The normalized spacial score (nSPS) is 12.1. The van der Waals surface area contributed by atoms with E-state index >= 15 is 22.0 Å². The Kier molecular flexibility index (Phi) is 6.97. The van der Waals surface area contributed by atoms with E-state index in [9.17, 15) is 39.5 Å². The fourth-order valence-electron chi connectivity index (χ4n) is 4.87. The summed E-state index contributed by atoms with van der Waals surface area (Å²) in [4.78, 5) is 0. The van der Waals surface area contributed by atoms with Crippen LogP contribution in [0.25, 0.3) is 43.8 Å². The van der Waals surface area contributed by atoms with Gasteiger partial charge in [-0.1, -0.05) is 12.1 Å². The molecule has 0 atom stereocenters. The molecule has 0 saturated heterocycles. The predicted molar refractivity (Wildman–Crippen MR) is 123 cm³/mol. The van der Waals surface area contributed by atoms with E-state index in [-0.39, 0.29) is 12.1 Å². The van der Waals surface area contributed by atoms with Crippen LogP contribution in [0.5, 0.6) is 5.75 Å². The van der Waals surface area contributed by atoms with Crippen LogP contribution in [0, 0.1) is 64.0 Å². The van der Waals surface area contributed by atoms with E-state index in [0.717, 1.165) is 6.07 Å². The second kappa shape index (κ2) is 10.0. The molecule has 0 unspecified atom stereocenters. The van der Waals surface area contributed by atoms with Gasteiger partial charge in [-0.15, -0.1) is 0 Å². The lowest BCUT2D eigenvalue weighted by atomic mass is 9.84. The van der Waals surface area contributed by atoms with Gasteiger partial charge in [-0.2, -0.15) is 22.0 Å². The Balaban J connectivity index is 2.13. The number of hydrogen-bond acceptors (Lipinski definition) is 1. The molecule has 0 spiro atoms. The fourth-order valence-corrected chi connectivity index (χ4v) is 4.87. The predicted octanol–water partition coefficient (Wildman–Crippen LogP) is 9.88. The molecule has 0 radical (unpaired) electrons. The largest absolute Gasteiger partial charge is 0.491 e. The molecule has 0 aliphatic carbocycles. The van der Waals surface area contributed by atoms with Crippen molar-refractivity contribution in [2.24, 2.45) is 0 Å². The molecule has 0 bridgehead atoms. The number of benzene rings is 5. The molecule has 0 aromatic heterocycles. The van der Waals surface area contributed by atoms with Crippen molar-refractivity contribution in [1.29, 1.82) is 0 Å². The van der Waals surface area contributed by atoms with Crippen molar-refractivity contribution in [2.75, 3.05) is 7.11 Å². The van der Waals surface area contributed by atoms with Crippen molar-refractivity contribution >= 4 is 21.5 Å². The van der Waals surface area contributed by atoms with E-state index < -0.39 is 125 Å². The first kappa shape index (κ1) is 29.9. The summed E-state index contributed by atoms with van der Waals surface area (Å²) in [5.41, 5.74) is -9.29. The summed E-state index contributed by atoms with van der Waals surface area (Å²) in [6.07, 6.45) is -5.97. The maximum atomic E-state index is 15.4. The van der Waals surface area contributed by atoms with Crippen LogP contribution in [0.3, 0.4) is 0 Å². The SMILES string of the molecule is COc1c(F)c(F)c(-c2c3cc(F)c(F)cc3c(-c3c(F)c(F)c(C(F)(F)F)c(F)c3F)c3cccc(F)c23)c(F)c1F. The first-order chi connectivity index (χ1) is 20.0. The van der Waals surface area contributed by atoms with Gasteiger partial charge in [-0.3, -0.25) is 0 Å². The molecule has 0 heterocycles. The van der Waals surface area contributed by atoms with E-state index in [2.05, 4.69) is 4.74 Å². The van der Waals surface area contributed by atoms with Gasteiger partial charge >= 0.3 is 6.18 Å². The monoisotopic (exact) mass is 626 g/mol. The van der Waals surface area contributed by atoms with Crippen LogP contribution in [0.1, 0.15) is 5.56 Å². The Morgan fingerprint density at radius 3 is 1.40 bits per heavy atom. The molecule has 224 valence electrons. The molecule has 5 aromatic rings. The summed E-state index contributed by atoms with van der Waals surface area (Å²) >= 11 is 0. The first-order valence-electron chi connectivity index (χ1n) is 11.4. The summed E-state index contributed by atoms with van der Waals surface area (Å²) < 4.78 is 208. The number of halogens is 14. The minimum absolute atomic E-state index is 0.0565. The van der Waals surface area contributed by atoms with Crippen molar-refractivity contribution in [3.8, 4) is 28.0 Å². The summed E-state index contributed by atoms with van der Waals surface area (Å²) in [7, 11) is 0.628. The Hall–Kier alpha value is -4.56. The van der Waals surface area contributed by atoms with E-state index in [1.807, 2.05) is 0 Å². The highest BCUT2D eigenvalue weighted by molar-refractivity contribution is 6.21. The maximum Gasteiger partial charge on any atom is 0.422 e. The zero-order valence-corrected chi connectivity index (χ0v) is 20.6. The molecule has 0 saturated carbocycles. The van der Waals surface area contributed by atoms with E-state index in [1.54, 1.807) is 0 Å². The van der Waals surface area contributed by atoms with Crippen molar-refractivity contribution in [3.05, 3.63) is 99.9 Å². The summed E-state index contributed by atoms with van der Waals surface area (Å²) in [6.45, 7) is 0. The zero-order valence-electron chi connectivity index (χ0n) is 20.6. The van der Waals surface area contributed by atoms with Gasteiger partial charge in [0.05, 0.1) is 18.2 Å². The van der Waals surface area contributed by atoms with Crippen molar-refractivity contribution in [1.82, 2.24) is 0 Å². The quantitative estimate of drug-likeness (QED) is 0.110. The van der Waals surface area contributed by atoms with Crippen LogP contribution >= 0.6 is 0 Å². The van der Waals surface area contributed by atoms with Crippen molar-refractivity contribution < 1.29 is 66.2 Å². The van der Waals surface area contributed by atoms with Gasteiger partial charge in [0, 0.05) is 16.5 Å². The van der Waals surface area contributed by atoms with Crippen LogP contribution in [0.15, 0.2) is 30.3 Å². The third kappa shape index (κ3) is 4.23. The third-order valence-corrected chi connectivity index (χ3v) is 6.61. The molecule has 0 aliphatic heterocycles. The number of rotatable bonds is 3. The molecule has 0 amide bonds. The topological polar surface area (TPSA) is 9.23 Å². The number of methoxy groups -OCH3 is 1. The Morgan fingerprint density at radius 2 is 0.930 bits per heavy atom. The lowest BCUT2D eigenvalue weighted by molar-refractivity contribution is -0.143. The Bertz CT molecular complexity index is 1960. The van der Waals surface area contributed by atoms with Gasteiger partial charge in [0.15, 0.2) is 52.3 Å². The highest BCUT2D eigenvalue weighted by Gasteiger charge is 2.43. The van der Waals surface area contributed by atoms with Gasteiger partial charge in [-0.25, -0.2) is 39.5 Å². The van der Waals surface area contributed by atoms with Crippen LogP contribution in [-0.4, -0.2) is 7.11 Å². The first-order valence-corrected chi connectivity index (χ1v) is 11.4. The maximum absolute atomic E-state index is 15.4. The number of alkyl halides is 3. The smallest absolute Gasteiger partial charge is 0.422 e. The van der Waals surface area contributed by atoms with Gasteiger partial charge in [0.1, 0.15) is 11.4 Å². The molecule has 0 fully saturated rings. The average Bonchev–Trinajstić information content (AvgIpc) is 2.92. The van der Waals surface area contributed by atoms with Gasteiger partial charge < -0.3 is 4.74 Å². The van der Waals surface area contributed by atoms with E-state index in [1.165, 1.54) is 0 Å². The molecule has 1 nitrogen and oxygen atoms in total. The lowest BCUT2D eigenvalue weighted by Gasteiger charge is -2.21. The van der Waals surface area contributed by atoms with E-state index in [0.29, 0.717) is 19.2 Å². The lowest BCUT2D eigenvalue weighted by Crippen LogP contribution is -2.16. The average molecular weight is 626 g/mol. The van der Waals surface area contributed by atoms with Gasteiger partial charge in [0.2, 0.25) is 11.6 Å². The molecule has 0 N–H and O–H groups in total. The second-order valence-electron chi connectivity index (χ2n) is 8.89. The molecule has 0 aliphatic rings. The van der Waals surface area contributed by atoms with Crippen LogP contribution in [0.2, 0.25) is 0 Å². The number of ether oxygens (including phenoxy) is 1. The molecule has 5 rings (SSSR count). The van der Waals surface area contributed by atoms with E-state index in [4.69, 9.17) is 0 Å². The molecular weight excluding hydrogens is 618 g/mol. The van der Waals surface area contributed by atoms with Crippen molar-refractivity contribution in [2.45, 2.75) is 6.18 Å². The number of fused-ring (bicyclic) bond motifs is 2. The van der Waals surface area contributed by atoms with Crippen LogP contribution < -0.4 is 4.74 Å². The van der Waals surface area contributed by atoms with Crippen LogP contribution in [0.4, 0.5) is 61.5 Å². The summed E-state index contributed by atoms with van der Waals surface area (Å²) in [5.74, 6) is -27.2. The summed E-state index contributed by atoms with van der Waals surface area (Å²) in [5, 5.41) is -4.45. The molecular formula is C28H8F14O. The fraction of sp³-hybridized carbons (Fsp3) is 0.0714. The van der Waals surface area contributed by atoms with Crippen molar-refractivity contribution in [3.63, 3.8) is 0 Å². The Labute approximate surface area is 229 Å². The zero-order chi connectivity index (χ0) is 31.9. The van der Waals surface area contributed by atoms with Gasteiger partial charge in [-0.05, 0) is 34.4 Å². The molecule has 15 heteroatoms. The number of hydrogen-bond donors (Lipinski definition) is 0. The molecule has 43 heavy (non-hydrogen) atoms. The highest BCUT2D eigenvalue weighted by atomic mass is 19.4. The third-order valence-electron chi connectivity index (χ3n) is 6.61. The minimum atomic E-state index is -5.97. The Morgan fingerprint density at radius 1 is 0.488 bits per heavy atom. The van der Waals surface area contributed by atoms with Gasteiger partial charge in [0.25, 0.3) is 0 Å². The minimum Gasteiger partial charge on any atom is -0.491 e. The molecule has 5 aromatic carbocycles. The summed E-state index contributed by atoms with van der Waals surface area (Å²) in [6, 6.07) is 2.09. The second-order valence-corrected chi connectivity index (χ2v) is 8.89. The standard InChI is InChI=1S/C28H8F14O/c1-43-27-25(38)21(34)17(22(35)26(27)39)15-9-6-12(31)11(30)5-8(9)13(7-3-2-4-10(29)14(7)15)16-19(32)23(36)18(28(40,41)42)24(37)20(16)33/h2-6H,1H3. The highest BCUT2D eigenvalue weighted by Crippen LogP contribution is 2.50. The van der Waals surface area contributed by atoms with Crippen LogP contribution in [-0.2, 0) is 6.18 Å².